The van der Waals surface area contributed by atoms with Gasteiger partial charge in [0.15, 0.2) is 0 Å². The summed E-state index contributed by atoms with van der Waals surface area (Å²) in [6.45, 7) is 7.14. The van der Waals surface area contributed by atoms with Crippen molar-refractivity contribution in [3.63, 3.8) is 0 Å². The third kappa shape index (κ3) is 17.5. The van der Waals surface area contributed by atoms with Crippen molar-refractivity contribution in [3.05, 3.63) is 29.8 Å². The average molecular weight is 519 g/mol. The standard InChI is InChI=1S/C25H42O9S/c1-3-4-5-6-7-8-25(26)33-21-19-31-17-15-29-13-14-30-16-18-32-20-22-34-35(27,28)24-11-9-23(2)10-12-24/h9-12H,3-8,13-22H2,1-2H3. The Balaban J connectivity index is 1.82. The Morgan fingerprint density at radius 1 is 0.686 bits per heavy atom. The lowest BCUT2D eigenvalue weighted by Crippen LogP contribution is -2.15. The molecule has 0 aliphatic rings. The molecule has 0 unspecified atom stereocenters. The summed E-state index contributed by atoms with van der Waals surface area (Å²) in [7, 11) is -3.77. The van der Waals surface area contributed by atoms with E-state index in [1.54, 1.807) is 12.1 Å². The summed E-state index contributed by atoms with van der Waals surface area (Å²) in [6, 6.07) is 6.47. The Bertz CT molecular complexity index is 751. The molecule has 0 saturated carbocycles. The van der Waals surface area contributed by atoms with Crippen LogP contribution in [0.3, 0.4) is 0 Å². The van der Waals surface area contributed by atoms with Crippen molar-refractivity contribution in [2.24, 2.45) is 0 Å². The molecule has 0 aliphatic carbocycles. The predicted molar refractivity (Wildman–Crippen MR) is 132 cm³/mol. The van der Waals surface area contributed by atoms with Crippen LogP contribution in [0.15, 0.2) is 29.2 Å². The second kappa shape index (κ2) is 20.6. The van der Waals surface area contributed by atoms with Crippen molar-refractivity contribution in [2.45, 2.75) is 57.3 Å². The maximum atomic E-state index is 12.0. The summed E-state index contributed by atoms with van der Waals surface area (Å²) in [5, 5.41) is 0. The summed E-state index contributed by atoms with van der Waals surface area (Å²) < 4.78 is 55.6. The third-order valence-electron chi connectivity index (χ3n) is 4.87. The van der Waals surface area contributed by atoms with Gasteiger partial charge in [0.1, 0.15) is 6.61 Å². The lowest BCUT2D eigenvalue weighted by atomic mass is 10.1. The van der Waals surface area contributed by atoms with Crippen LogP contribution in [0, 0.1) is 6.92 Å². The molecule has 0 heterocycles. The van der Waals surface area contributed by atoms with Gasteiger partial charge in [0, 0.05) is 6.42 Å². The molecule has 0 spiro atoms. The van der Waals surface area contributed by atoms with E-state index in [9.17, 15) is 13.2 Å². The first-order chi connectivity index (χ1) is 17.0. The van der Waals surface area contributed by atoms with Crippen LogP contribution in [-0.4, -0.2) is 80.5 Å². The fourth-order valence-electron chi connectivity index (χ4n) is 2.90. The lowest BCUT2D eigenvalue weighted by molar-refractivity contribution is -0.145. The molecule has 202 valence electrons. The molecule has 1 aromatic carbocycles. The fourth-order valence-corrected chi connectivity index (χ4v) is 3.79. The van der Waals surface area contributed by atoms with Crippen molar-refractivity contribution in [2.75, 3.05) is 66.1 Å². The summed E-state index contributed by atoms with van der Waals surface area (Å²) in [4.78, 5) is 11.7. The van der Waals surface area contributed by atoms with Gasteiger partial charge in [-0.1, -0.05) is 50.3 Å². The van der Waals surface area contributed by atoms with Crippen LogP contribution >= 0.6 is 0 Å². The predicted octanol–water partition coefficient (Wildman–Crippen LogP) is 3.67. The number of ether oxygens (including phenoxy) is 5. The zero-order valence-corrected chi connectivity index (χ0v) is 22.0. The van der Waals surface area contributed by atoms with E-state index < -0.39 is 10.1 Å². The Kier molecular flexibility index (Phi) is 18.5. The Hall–Kier alpha value is -1.56. The molecule has 1 aromatic rings. The molecule has 0 aliphatic heterocycles. The summed E-state index contributed by atoms with van der Waals surface area (Å²) in [5.74, 6) is -0.165. The molecule has 0 amide bonds. The van der Waals surface area contributed by atoms with Crippen molar-refractivity contribution < 1.29 is 41.1 Å². The molecule has 9 nitrogen and oxygen atoms in total. The maximum Gasteiger partial charge on any atom is 0.305 e. The van der Waals surface area contributed by atoms with Crippen LogP contribution in [0.1, 0.15) is 51.0 Å². The maximum absolute atomic E-state index is 12.0. The molecule has 0 radical (unpaired) electrons. The van der Waals surface area contributed by atoms with Crippen molar-refractivity contribution in [1.29, 1.82) is 0 Å². The van der Waals surface area contributed by atoms with Gasteiger partial charge in [0.2, 0.25) is 0 Å². The van der Waals surface area contributed by atoms with Crippen LogP contribution in [0.5, 0.6) is 0 Å². The minimum atomic E-state index is -3.77. The molecule has 0 N–H and O–H groups in total. The largest absolute Gasteiger partial charge is 0.463 e. The minimum absolute atomic E-state index is 0.0580. The summed E-state index contributed by atoms with van der Waals surface area (Å²) >= 11 is 0. The van der Waals surface area contributed by atoms with E-state index in [2.05, 4.69) is 6.92 Å². The normalized spacial score (nSPS) is 11.6. The molecular weight excluding hydrogens is 476 g/mol. The number of rotatable bonds is 23. The van der Waals surface area contributed by atoms with Crippen LogP contribution in [0.25, 0.3) is 0 Å². The molecule has 10 heteroatoms. The number of carbonyl (C=O) groups is 1. The quantitative estimate of drug-likeness (QED) is 0.122. The van der Waals surface area contributed by atoms with Gasteiger partial charge < -0.3 is 23.7 Å². The number of unbranched alkanes of at least 4 members (excludes halogenated alkanes) is 4. The van der Waals surface area contributed by atoms with Crippen LogP contribution < -0.4 is 0 Å². The van der Waals surface area contributed by atoms with Crippen molar-refractivity contribution in [3.8, 4) is 0 Å². The molecule has 0 saturated heterocycles. The zero-order chi connectivity index (χ0) is 25.6. The van der Waals surface area contributed by atoms with Gasteiger partial charge in [-0.05, 0) is 25.5 Å². The first kappa shape index (κ1) is 31.5. The Morgan fingerprint density at radius 2 is 1.17 bits per heavy atom. The second-order valence-corrected chi connectivity index (χ2v) is 9.54. The van der Waals surface area contributed by atoms with E-state index in [-0.39, 0.29) is 30.7 Å². The molecule has 0 aromatic heterocycles. The first-order valence-electron chi connectivity index (χ1n) is 12.4. The molecule has 35 heavy (non-hydrogen) atoms. The highest BCUT2D eigenvalue weighted by Gasteiger charge is 2.14. The smallest absolute Gasteiger partial charge is 0.305 e. The van der Waals surface area contributed by atoms with E-state index in [0.29, 0.717) is 52.7 Å². The van der Waals surface area contributed by atoms with Gasteiger partial charge in [-0.3, -0.25) is 8.98 Å². The van der Waals surface area contributed by atoms with Crippen LogP contribution in [-0.2, 0) is 42.8 Å². The van der Waals surface area contributed by atoms with Gasteiger partial charge in [0.05, 0.1) is 64.4 Å². The number of hydrogen-bond acceptors (Lipinski definition) is 9. The molecular formula is C25H42O9S. The lowest BCUT2D eigenvalue weighted by Gasteiger charge is -2.08. The monoisotopic (exact) mass is 518 g/mol. The topological polar surface area (TPSA) is 107 Å². The van der Waals surface area contributed by atoms with E-state index >= 15 is 0 Å². The molecule has 0 bridgehead atoms. The third-order valence-corrected chi connectivity index (χ3v) is 6.19. The molecule has 0 atom stereocenters. The minimum Gasteiger partial charge on any atom is -0.463 e. The first-order valence-corrected chi connectivity index (χ1v) is 13.8. The molecule has 1 rings (SSSR count). The van der Waals surface area contributed by atoms with Crippen LogP contribution in [0.2, 0.25) is 0 Å². The van der Waals surface area contributed by atoms with E-state index in [0.717, 1.165) is 18.4 Å². The van der Waals surface area contributed by atoms with Gasteiger partial charge in [-0.25, -0.2) is 0 Å². The van der Waals surface area contributed by atoms with Crippen molar-refractivity contribution in [1.82, 2.24) is 0 Å². The van der Waals surface area contributed by atoms with Crippen molar-refractivity contribution >= 4 is 16.1 Å². The van der Waals surface area contributed by atoms with E-state index in [1.165, 1.54) is 31.4 Å². The molecule has 0 fully saturated rings. The van der Waals surface area contributed by atoms with Gasteiger partial charge >= 0.3 is 5.97 Å². The highest BCUT2D eigenvalue weighted by atomic mass is 32.2. The highest BCUT2D eigenvalue weighted by Crippen LogP contribution is 2.13. The summed E-state index contributed by atoms with van der Waals surface area (Å²) in [6.07, 6.45) is 6.01. The SMILES string of the molecule is CCCCCCCC(=O)OCCOCCOCCOCCOCCOS(=O)(=O)c1ccc(C)cc1. The highest BCUT2D eigenvalue weighted by molar-refractivity contribution is 7.86. The Morgan fingerprint density at radius 3 is 1.71 bits per heavy atom. The fraction of sp³-hybridized carbons (Fsp3) is 0.720. The van der Waals surface area contributed by atoms with Crippen LogP contribution in [0.4, 0.5) is 0 Å². The number of benzene rings is 1. The zero-order valence-electron chi connectivity index (χ0n) is 21.2. The number of carbonyl (C=O) groups excluding carboxylic acids is 1. The Labute approximate surface area is 210 Å². The van der Waals surface area contributed by atoms with Gasteiger partial charge in [0.25, 0.3) is 10.1 Å². The second-order valence-electron chi connectivity index (χ2n) is 7.92. The van der Waals surface area contributed by atoms with Gasteiger partial charge in [-0.2, -0.15) is 8.42 Å². The number of aryl methyl sites for hydroxylation is 1. The average Bonchev–Trinajstić information content (AvgIpc) is 2.84. The van der Waals surface area contributed by atoms with E-state index in [1.807, 2.05) is 6.92 Å². The number of hydrogen-bond donors (Lipinski definition) is 0. The summed E-state index contributed by atoms with van der Waals surface area (Å²) in [5.41, 5.74) is 0.976. The number of esters is 1. The van der Waals surface area contributed by atoms with E-state index in [4.69, 9.17) is 27.9 Å². The van der Waals surface area contributed by atoms with Gasteiger partial charge in [-0.15, -0.1) is 0 Å².